The van der Waals surface area contributed by atoms with Crippen LogP contribution >= 0.6 is 15.9 Å². The Balaban J connectivity index is 1.43. The molecule has 3 aromatic rings. The van der Waals surface area contributed by atoms with Gasteiger partial charge in [-0.3, -0.25) is 0 Å². The molecule has 1 fully saturated rings. The summed E-state index contributed by atoms with van der Waals surface area (Å²) < 4.78 is 25.6. The van der Waals surface area contributed by atoms with Crippen molar-refractivity contribution < 1.29 is 18.8 Å². The Labute approximate surface area is 241 Å². The predicted molar refractivity (Wildman–Crippen MR) is 159 cm³/mol. The first kappa shape index (κ1) is 29.1. The smallest absolute Gasteiger partial charge is 0.493 e. The van der Waals surface area contributed by atoms with E-state index in [1.807, 2.05) is 36.4 Å². The van der Waals surface area contributed by atoms with Crippen LogP contribution < -0.4 is 14.9 Å². The van der Waals surface area contributed by atoms with Crippen molar-refractivity contribution in [2.75, 3.05) is 6.61 Å². The van der Waals surface area contributed by atoms with Gasteiger partial charge in [-0.25, -0.2) is 9.83 Å². The molecule has 8 heteroatoms. The van der Waals surface area contributed by atoms with Crippen molar-refractivity contribution in [2.45, 2.75) is 78.6 Å². The van der Waals surface area contributed by atoms with Crippen molar-refractivity contribution in [2.24, 2.45) is 0 Å². The second kappa shape index (κ2) is 12.1. The molecule has 2 aromatic carbocycles. The largest absolute Gasteiger partial charge is 0.495 e. The number of aromatic nitrogens is 1. The average Bonchev–Trinajstić information content (AvgIpc) is 3.12. The molecule has 0 radical (unpaired) electrons. The molecule has 0 unspecified atom stereocenters. The van der Waals surface area contributed by atoms with Crippen molar-refractivity contribution in [3.05, 3.63) is 86.8 Å². The topological polar surface area (TPSA) is 54.2 Å². The van der Waals surface area contributed by atoms with E-state index < -0.39 is 18.3 Å². The summed E-state index contributed by atoms with van der Waals surface area (Å²) in [5, 5.41) is 0. The molecule has 1 aliphatic heterocycles. The maximum absolute atomic E-state index is 7.43. The van der Waals surface area contributed by atoms with Gasteiger partial charge < -0.3 is 18.8 Å². The number of hydrogen-bond donors (Lipinski definition) is 0. The fourth-order valence-electron chi connectivity index (χ4n) is 4.52. The molecule has 0 atom stereocenters. The third-order valence-electron chi connectivity index (χ3n) is 7.57. The van der Waals surface area contributed by atoms with Crippen LogP contribution in [0.4, 0.5) is 5.69 Å². The van der Waals surface area contributed by atoms with Gasteiger partial charge in [-0.15, -0.1) is 0 Å². The molecule has 4 rings (SSSR count). The normalized spacial score (nSPS) is 15.7. The molecule has 1 aliphatic rings. The summed E-state index contributed by atoms with van der Waals surface area (Å²) >= 11 is 3.38. The Morgan fingerprint density at radius 2 is 1.72 bits per heavy atom. The van der Waals surface area contributed by atoms with Gasteiger partial charge in [0.15, 0.2) is 5.69 Å². The molecule has 0 saturated carbocycles. The lowest BCUT2D eigenvalue weighted by Crippen LogP contribution is -2.41. The second-order valence-corrected chi connectivity index (χ2v) is 11.7. The van der Waals surface area contributed by atoms with Crippen LogP contribution in [-0.2, 0) is 28.8 Å². The van der Waals surface area contributed by atoms with Gasteiger partial charge in [-0.1, -0.05) is 48.4 Å². The quantitative estimate of drug-likeness (QED) is 0.109. The van der Waals surface area contributed by atoms with Gasteiger partial charge in [0.25, 0.3) is 0 Å². The predicted octanol–water partition coefficient (Wildman–Crippen LogP) is 7.16. The Bertz CT molecular complexity index is 1350. The van der Waals surface area contributed by atoms with Crippen LogP contribution in [0.3, 0.4) is 0 Å². The standard InChI is InChI=1S/C31H36BBrN2O4/c1-8-22-17-21(2)26(32-38-30(3,4)31(5,6)39-32)19-27(22)36-16-10-11-23-18-25(34-7)15-14-24(23)20-37-29-13-9-12-28(33)35-29/h9,12-15,17-19H,8,10-11,16,20H2,1-6H3. The molecule has 1 saturated heterocycles. The Hall–Kier alpha value is -2.86. The van der Waals surface area contributed by atoms with Crippen LogP contribution in [0.1, 0.15) is 63.3 Å². The second-order valence-electron chi connectivity index (χ2n) is 10.9. The van der Waals surface area contributed by atoms with Gasteiger partial charge >= 0.3 is 7.12 Å². The van der Waals surface area contributed by atoms with Gasteiger partial charge in [0.2, 0.25) is 5.88 Å². The number of pyridine rings is 1. The highest BCUT2D eigenvalue weighted by molar-refractivity contribution is 9.10. The molecular weight excluding hydrogens is 555 g/mol. The zero-order valence-electron chi connectivity index (χ0n) is 23.6. The maximum Gasteiger partial charge on any atom is 0.495 e. The summed E-state index contributed by atoms with van der Waals surface area (Å²) in [6.45, 7) is 20.9. The summed E-state index contributed by atoms with van der Waals surface area (Å²) in [6, 6.07) is 15.6. The average molecular weight is 591 g/mol. The molecule has 0 amide bonds. The van der Waals surface area contributed by atoms with Gasteiger partial charge in [-0.2, -0.15) is 0 Å². The van der Waals surface area contributed by atoms with Crippen LogP contribution in [0.25, 0.3) is 4.85 Å². The van der Waals surface area contributed by atoms with Gasteiger partial charge in [0, 0.05) is 6.07 Å². The first-order valence-corrected chi connectivity index (χ1v) is 14.2. The summed E-state index contributed by atoms with van der Waals surface area (Å²) in [6.07, 6.45) is 2.44. The van der Waals surface area contributed by atoms with Crippen LogP contribution in [0, 0.1) is 13.5 Å². The Morgan fingerprint density at radius 3 is 2.38 bits per heavy atom. The lowest BCUT2D eigenvalue weighted by Gasteiger charge is -2.32. The van der Waals surface area contributed by atoms with Gasteiger partial charge in [0.05, 0.1) is 24.4 Å². The minimum atomic E-state index is -0.429. The summed E-state index contributed by atoms with van der Waals surface area (Å²) in [4.78, 5) is 7.95. The van der Waals surface area contributed by atoms with E-state index in [2.05, 4.69) is 79.4 Å². The molecule has 6 nitrogen and oxygen atoms in total. The molecular formula is C31H36BBrN2O4. The highest BCUT2D eigenvalue weighted by atomic mass is 79.9. The minimum absolute atomic E-state index is 0.382. The maximum atomic E-state index is 7.43. The van der Waals surface area contributed by atoms with E-state index in [1.54, 1.807) is 0 Å². The molecule has 0 bridgehead atoms. The number of ether oxygens (including phenoxy) is 2. The van der Waals surface area contributed by atoms with Crippen LogP contribution in [0.15, 0.2) is 53.1 Å². The van der Waals surface area contributed by atoms with Gasteiger partial charge in [0.1, 0.15) is 17.0 Å². The summed E-state index contributed by atoms with van der Waals surface area (Å²) in [5.74, 6) is 1.42. The monoisotopic (exact) mass is 590 g/mol. The molecule has 1 aromatic heterocycles. The minimum Gasteiger partial charge on any atom is -0.493 e. The zero-order chi connectivity index (χ0) is 28.2. The highest BCUT2D eigenvalue weighted by Gasteiger charge is 2.52. The van der Waals surface area contributed by atoms with Crippen LogP contribution in [0.5, 0.6) is 11.6 Å². The fraction of sp³-hybridized carbons (Fsp3) is 0.419. The van der Waals surface area contributed by atoms with Crippen molar-refractivity contribution >= 4 is 34.2 Å². The van der Waals surface area contributed by atoms with E-state index in [1.165, 1.54) is 5.56 Å². The first-order valence-electron chi connectivity index (χ1n) is 13.4. The highest BCUT2D eigenvalue weighted by Crippen LogP contribution is 2.37. The number of aryl methyl sites for hydroxylation is 3. The lowest BCUT2D eigenvalue weighted by molar-refractivity contribution is 0.00578. The Morgan fingerprint density at radius 1 is 0.974 bits per heavy atom. The number of nitrogens with zero attached hydrogens (tertiary/aromatic N) is 2. The number of halogens is 1. The molecule has 0 N–H and O–H groups in total. The fourth-order valence-corrected chi connectivity index (χ4v) is 4.85. The number of hydrogen-bond acceptors (Lipinski definition) is 5. The van der Waals surface area contributed by atoms with Crippen molar-refractivity contribution in [1.82, 2.24) is 4.98 Å². The molecule has 0 aliphatic carbocycles. The first-order chi connectivity index (χ1) is 18.5. The number of benzene rings is 2. The van der Waals surface area contributed by atoms with Crippen LogP contribution in [0.2, 0.25) is 0 Å². The molecule has 39 heavy (non-hydrogen) atoms. The van der Waals surface area contributed by atoms with E-state index in [9.17, 15) is 0 Å². The van der Waals surface area contributed by atoms with E-state index in [-0.39, 0.29) is 0 Å². The lowest BCUT2D eigenvalue weighted by atomic mass is 9.75. The van der Waals surface area contributed by atoms with Crippen LogP contribution in [-0.4, -0.2) is 29.9 Å². The van der Waals surface area contributed by atoms with E-state index in [4.69, 9.17) is 25.4 Å². The number of rotatable bonds is 10. The zero-order valence-corrected chi connectivity index (χ0v) is 25.2. The van der Waals surface area contributed by atoms with Crippen molar-refractivity contribution in [3.63, 3.8) is 0 Å². The molecule has 2 heterocycles. The van der Waals surface area contributed by atoms with E-state index in [0.717, 1.165) is 51.8 Å². The van der Waals surface area contributed by atoms with E-state index in [0.29, 0.717) is 24.8 Å². The SMILES string of the molecule is [C-]#[N+]c1ccc(COc2cccc(Br)n2)c(CCCOc2cc(B3OC(C)(C)C(C)(C)O3)c(C)cc2CC)c1. The van der Waals surface area contributed by atoms with Gasteiger partial charge in [-0.05, 0) is 98.5 Å². The third kappa shape index (κ3) is 6.84. The van der Waals surface area contributed by atoms with E-state index >= 15 is 0 Å². The summed E-state index contributed by atoms with van der Waals surface area (Å²) in [7, 11) is -0.429. The Kier molecular flexibility index (Phi) is 9.05. The van der Waals surface area contributed by atoms with Crippen molar-refractivity contribution in [3.8, 4) is 11.6 Å². The summed E-state index contributed by atoms with van der Waals surface area (Å²) in [5.41, 5.74) is 5.25. The van der Waals surface area contributed by atoms with Crippen molar-refractivity contribution in [1.29, 1.82) is 0 Å². The molecule has 0 spiro atoms. The molecule has 204 valence electrons. The third-order valence-corrected chi connectivity index (χ3v) is 8.01.